The van der Waals surface area contributed by atoms with Gasteiger partial charge in [-0.25, -0.2) is 14.0 Å². The van der Waals surface area contributed by atoms with Crippen LogP contribution in [0.15, 0.2) is 18.2 Å². The fourth-order valence-electron chi connectivity index (χ4n) is 2.13. The number of rotatable bonds is 3. The Morgan fingerprint density at radius 3 is 2.86 bits per heavy atom. The van der Waals surface area contributed by atoms with Crippen LogP contribution in [0.1, 0.15) is 13.3 Å². The average Bonchev–Trinajstić information content (AvgIpc) is 2.87. The van der Waals surface area contributed by atoms with E-state index in [4.69, 9.17) is 11.6 Å². The maximum atomic E-state index is 13.7. The first-order valence-corrected chi connectivity index (χ1v) is 7.76. The Morgan fingerprint density at radius 1 is 1.57 bits per heavy atom. The zero-order valence-electron chi connectivity index (χ0n) is 11.2. The van der Waals surface area contributed by atoms with Crippen LogP contribution >= 0.6 is 23.4 Å². The van der Waals surface area contributed by atoms with Gasteiger partial charge in [-0.15, -0.1) is 11.8 Å². The van der Waals surface area contributed by atoms with Crippen molar-refractivity contribution < 1.29 is 19.1 Å². The molecule has 2 atom stereocenters. The van der Waals surface area contributed by atoms with Gasteiger partial charge in [0, 0.05) is 5.75 Å². The maximum Gasteiger partial charge on any atom is 0.327 e. The number of carboxylic acids is 1. The Hall–Kier alpha value is -1.47. The van der Waals surface area contributed by atoms with E-state index in [1.807, 2.05) is 6.92 Å². The summed E-state index contributed by atoms with van der Waals surface area (Å²) in [7, 11) is 0. The van der Waals surface area contributed by atoms with Crippen molar-refractivity contribution in [2.75, 3.05) is 11.1 Å². The lowest BCUT2D eigenvalue weighted by molar-refractivity contribution is -0.141. The average molecular weight is 333 g/mol. The number of nitrogens with zero attached hydrogens (tertiary/aromatic N) is 1. The first kappa shape index (κ1) is 15.9. The van der Waals surface area contributed by atoms with E-state index in [1.165, 1.54) is 34.9 Å². The van der Waals surface area contributed by atoms with Crippen molar-refractivity contribution in [3.05, 3.63) is 29.0 Å². The zero-order valence-corrected chi connectivity index (χ0v) is 12.7. The van der Waals surface area contributed by atoms with Crippen molar-refractivity contribution in [1.29, 1.82) is 0 Å². The van der Waals surface area contributed by atoms with Gasteiger partial charge in [0.2, 0.25) is 0 Å². The molecule has 1 fully saturated rings. The molecule has 21 heavy (non-hydrogen) atoms. The van der Waals surface area contributed by atoms with Crippen LogP contribution in [0.5, 0.6) is 0 Å². The highest BCUT2D eigenvalue weighted by molar-refractivity contribution is 8.00. The number of benzene rings is 1. The minimum Gasteiger partial charge on any atom is -0.480 e. The highest BCUT2D eigenvalue weighted by Gasteiger charge is 2.41. The Labute approximate surface area is 130 Å². The Balaban J connectivity index is 2.23. The summed E-state index contributed by atoms with van der Waals surface area (Å²) >= 11 is 7.25. The summed E-state index contributed by atoms with van der Waals surface area (Å²) < 4.78 is 13.7. The predicted molar refractivity (Wildman–Crippen MR) is 80.2 cm³/mol. The molecule has 114 valence electrons. The third-order valence-corrected chi connectivity index (χ3v) is 4.92. The summed E-state index contributed by atoms with van der Waals surface area (Å²) in [6, 6.07) is 2.46. The number of hydrogen-bond acceptors (Lipinski definition) is 3. The number of urea groups is 1. The second-order valence-corrected chi connectivity index (χ2v) is 6.10. The van der Waals surface area contributed by atoms with Gasteiger partial charge in [0.1, 0.15) is 11.9 Å². The molecule has 8 heteroatoms. The molecular formula is C13H14ClFN2O3S. The van der Waals surface area contributed by atoms with Crippen molar-refractivity contribution in [2.45, 2.75) is 24.8 Å². The SMILES string of the molecule is CCC1SCC(C(=O)O)N1C(=O)Nc1c(F)cccc1Cl. The molecule has 2 amide bonds. The van der Waals surface area contributed by atoms with Crippen molar-refractivity contribution in [1.82, 2.24) is 4.90 Å². The number of amides is 2. The molecule has 0 saturated carbocycles. The van der Waals surface area contributed by atoms with Crippen LogP contribution in [-0.4, -0.2) is 39.2 Å². The van der Waals surface area contributed by atoms with Crippen LogP contribution in [0.25, 0.3) is 0 Å². The van der Waals surface area contributed by atoms with Gasteiger partial charge in [0.05, 0.1) is 16.1 Å². The van der Waals surface area contributed by atoms with Crippen LogP contribution in [-0.2, 0) is 4.79 Å². The summed E-state index contributed by atoms with van der Waals surface area (Å²) in [6.45, 7) is 1.86. The van der Waals surface area contributed by atoms with E-state index in [2.05, 4.69) is 5.32 Å². The van der Waals surface area contributed by atoms with Gasteiger partial charge in [-0.05, 0) is 18.6 Å². The summed E-state index contributed by atoms with van der Waals surface area (Å²) in [4.78, 5) is 24.8. The number of hydrogen-bond donors (Lipinski definition) is 2. The molecule has 0 radical (unpaired) electrons. The quantitative estimate of drug-likeness (QED) is 0.891. The second kappa shape index (κ2) is 6.53. The molecule has 0 bridgehead atoms. The van der Waals surface area contributed by atoms with E-state index in [1.54, 1.807) is 0 Å². The highest BCUT2D eigenvalue weighted by Crippen LogP contribution is 2.33. The van der Waals surface area contributed by atoms with Gasteiger partial charge >= 0.3 is 12.0 Å². The topological polar surface area (TPSA) is 69.6 Å². The Bertz CT molecular complexity index is 552. The lowest BCUT2D eigenvalue weighted by Crippen LogP contribution is -2.47. The molecule has 0 aliphatic carbocycles. The third kappa shape index (κ3) is 3.24. The first-order chi connectivity index (χ1) is 9.95. The monoisotopic (exact) mass is 332 g/mol. The molecule has 1 aliphatic heterocycles. The van der Waals surface area contributed by atoms with Gasteiger partial charge in [0.25, 0.3) is 0 Å². The van der Waals surface area contributed by atoms with E-state index in [-0.39, 0.29) is 16.1 Å². The molecule has 1 aromatic carbocycles. The largest absolute Gasteiger partial charge is 0.480 e. The van der Waals surface area contributed by atoms with Gasteiger partial charge < -0.3 is 10.4 Å². The van der Waals surface area contributed by atoms with E-state index < -0.39 is 23.9 Å². The zero-order chi connectivity index (χ0) is 15.6. The van der Waals surface area contributed by atoms with E-state index >= 15 is 0 Å². The van der Waals surface area contributed by atoms with Crippen LogP contribution in [0.3, 0.4) is 0 Å². The molecule has 0 spiro atoms. The molecule has 1 heterocycles. The van der Waals surface area contributed by atoms with Crippen LogP contribution in [0, 0.1) is 5.82 Å². The predicted octanol–water partition coefficient (Wildman–Crippen LogP) is 3.25. The molecular weight excluding hydrogens is 319 g/mol. The van der Waals surface area contributed by atoms with Crippen molar-refractivity contribution >= 4 is 41.1 Å². The minimum absolute atomic E-state index is 0.0649. The number of anilines is 1. The molecule has 1 aliphatic rings. The van der Waals surface area contributed by atoms with Gasteiger partial charge in [-0.1, -0.05) is 24.6 Å². The fraction of sp³-hybridized carbons (Fsp3) is 0.385. The van der Waals surface area contributed by atoms with E-state index in [0.29, 0.717) is 12.2 Å². The smallest absolute Gasteiger partial charge is 0.327 e. The minimum atomic E-state index is -1.08. The van der Waals surface area contributed by atoms with Crippen molar-refractivity contribution in [2.24, 2.45) is 0 Å². The third-order valence-electron chi connectivity index (χ3n) is 3.16. The number of para-hydroxylation sites is 1. The summed E-state index contributed by atoms with van der Waals surface area (Å²) in [6.07, 6.45) is 0.604. The second-order valence-electron chi connectivity index (χ2n) is 4.48. The van der Waals surface area contributed by atoms with Gasteiger partial charge in [-0.2, -0.15) is 0 Å². The molecule has 0 aromatic heterocycles. The normalized spacial score (nSPS) is 21.4. The Morgan fingerprint density at radius 2 is 2.29 bits per heavy atom. The first-order valence-electron chi connectivity index (χ1n) is 6.33. The summed E-state index contributed by atoms with van der Waals surface area (Å²) in [5.41, 5.74) is -0.139. The summed E-state index contributed by atoms with van der Waals surface area (Å²) in [5, 5.41) is 11.4. The van der Waals surface area contributed by atoms with Gasteiger partial charge in [-0.3, -0.25) is 4.90 Å². The number of halogens is 2. The van der Waals surface area contributed by atoms with Crippen LogP contribution in [0.2, 0.25) is 5.02 Å². The lowest BCUT2D eigenvalue weighted by atomic mass is 10.2. The number of carbonyl (C=O) groups is 2. The van der Waals surface area contributed by atoms with E-state index in [0.717, 1.165) is 0 Å². The number of carboxylic acid groups (broad SMARTS) is 1. The molecule has 2 N–H and O–H groups in total. The fourth-order valence-corrected chi connectivity index (χ4v) is 3.69. The van der Waals surface area contributed by atoms with Crippen LogP contribution in [0.4, 0.5) is 14.9 Å². The van der Waals surface area contributed by atoms with E-state index in [9.17, 15) is 19.1 Å². The molecule has 2 rings (SSSR count). The summed E-state index contributed by atoms with van der Waals surface area (Å²) in [5.74, 6) is -1.43. The number of nitrogens with one attached hydrogen (secondary N) is 1. The number of carbonyl (C=O) groups excluding carboxylic acids is 1. The number of aliphatic carboxylic acids is 1. The van der Waals surface area contributed by atoms with Gasteiger partial charge in [0.15, 0.2) is 0 Å². The standard InChI is InChI=1S/C13H14ClFN2O3S/c1-2-10-17(9(6-21-10)12(18)19)13(20)16-11-7(14)4-3-5-8(11)15/h3-5,9-10H,2,6H2,1H3,(H,16,20)(H,18,19). The molecule has 5 nitrogen and oxygen atoms in total. The molecule has 1 saturated heterocycles. The van der Waals surface area contributed by atoms with Crippen LogP contribution < -0.4 is 5.32 Å². The Kier molecular flexibility index (Phi) is 4.95. The highest BCUT2D eigenvalue weighted by atomic mass is 35.5. The molecule has 2 unspecified atom stereocenters. The number of thioether (sulfide) groups is 1. The molecule has 1 aromatic rings. The van der Waals surface area contributed by atoms with Crippen molar-refractivity contribution in [3.8, 4) is 0 Å². The lowest BCUT2D eigenvalue weighted by Gasteiger charge is -2.27. The maximum absolute atomic E-state index is 13.7. The van der Waals surface area contributed by atoms with Crippen molar-refractivity contribution in [3.63, 3.8) is 0 Å².